The van der Waals surface area contributed by atoms with Gasteiger partial charge in [0.05, 0.1) is 10.9 Å². The fraction of sp³-hybridized carbons (Fsp3) is 0.467. The molecule has 2 rings (SSSR count). The summed E-state index contributed by atoms with van der Waals surface area (Å²) in [5.74, 6) is 0.523. The van der Waals surface area contributed by atoms with Gasteiger partial charge in [-0.15, -0.1) is 12.4 Å². The molecule has 1 aliphatic rings. The van der Waals surface area contributed by atoms with Crippen LogP contribution in [0.15, 0.2) is 23.2 Å². The van der Waals surface area contributed by atoms with Crippen molar-refractivity contribution in [2.24, 2.45) is 28.3 Å². The minimum absolute atomic E-state index is 0. The number of esters is 1. The minimum Gasteiger partial charge on any atom is -0.425 e. The standard InChI is InChI=1S/C15H19Cl2N3O2.ClH/c16-11-5-6-13(12(17)7-11)22-14(21)10-3-1-9(2-4-10)8-20-15(18)19;/h5-7,9-10H,1-4,8H2,(H4,18,19,20);1H. The lowest BCUT2D eigenvalue weighted by Gasteiger charge is -2.26. The molecule has 0 aliphatic heterocycles. The van der Waals surface area contributed by atoms with Gasteiger partial charge in [-0.05, 0) is 49.8 Å². The van der Waals surface area contributed by atoms with Crippen molar-refractivity contribution in [3.8, 4) is 5.75 Å². The molecule has 0 bridgehead atoms. The Bertz CT molecular complexity index is 569. The number of aliphatic imine (C=N–C) groups is 1. The molecule has 0 saturated heterocycles. The molecule has 4 N–H and O–H groups in total. The van der Waals surface area contributed by atoms with E-state index in [2.05, 4.69) is 4.99 Å². The van der Waals surface area contributed by atoms with Crippen LogP contribution in [0.5, 0.6) is 5.75 Å². The molecule has 23 heavy (non-hydrogen) atoms. The summed E-state index contributed by atoms with van der Waals surface area (Å²) in [5, 5.41) is 0.840. The average Bonchev–Trinajstić information content (AvgIpc) is 2.48. The third-order valence-electron chi connectivity index (χ3n) is 3.82. The first-order valence-corrected chi connectivity index (χ1v) is 7.93. The van der Waals surface area contributed by atoms with E-state index in [0.29, 0.717) is 28.3 Å². The van der Waals surface area contributed by atoms with Crippen LogP contribution in [0.25, 0.3) is 0 Å². The van der Waals surface area contributed by atoms with Gasteiger partial charge < -0.3 is 16.2 Å². The van der Waals surface area contributed by atoms with Crippen molar-refractivity contribution in [2.75, 3.05) is 6.54 Å². The van der Waals surface area contributed by atoms with Crippen molar-refractivity contribution in [1.82, 2.24) is 0 Å². The molecule has 1 aromatic rings. The summed E-state index contributed by atoms with van der Waals surface area (Å²) in [6, 6.07) is 4.80. The van der Waals surface area contributed by atoms with Gasteiger partial charge in [0.15, 0.2) is 5.96 Å². The zero-order valence-corrected chi connectivity index (χ0v) is 14.8. The van der Waals surface area contributed by atoms with Gasteiger partial charge in [0.2, 0.25) is 0 Å². The molecular weight excluding hydrogens is 361 g/mol. The minimum atomic E-state index is -0.246. The number of nitrogens with two attached hydrogens (primary N) is 2. The zero-order chi connectivity index (χ0) is 16.1. The lowest BCUT2D eigenvalue weighted by atomic mass is 9.82. The Hall–Kier alpha value is -1.17. The van der Waals surface area contributed by atoms with E-state index in [1.54, 1.807) is 18.2 Å². The van der Waals surface area contributed by atoms with Gasteiger partial charge >= 0.3 is 5.97 Å². The van der Waals surface area contributed by atoms with Gasteiger partial charge in [-0.1, -0.05) is 23.2 Å². The van der Waals surface area contributed by atoms with E-state index in [0.717, 1.165) is 25.7 Å². The van der Waals surface area contributed by atoms with E-state index in [4.69, 9.17) is 39.4 Å². The predicted octanol–water partition coefficient (Wildman–Crippen LogP) is 3.40. The highest BCUT2D eigenvalue weighted by Crippen LogP contribution is 2.32. The molecular formula is C15H20Cl3N3O2. The first kappa shape index (κ1) is 19.9. The van der Waals surface area contributed by atoms with E-state index >= 15 is 0 Å². The molecule has 1 aliphatic carbocycles. The van der Waals surface area contributed by atoms with Crippen molar-refractivity contribution >= 4 is 47.5 Å². The zero-order valence-electron chi connectivity index (χ0n) is 12.5. The smallest absolute Gasteiger partial charge is 0.314 e. The third-order valence-corrected chi connectivity index (χ3v) is 4.35. The molecule has 0 atom stereocenters. The van der Waals surface area contributed by atoms with Gasteiger partial charge in [0.1, 0.15) is 5.75 Å². The van der Waals surface area contributed by atoms with Crippen LogP contribution in [0.2, 0.25) is 10.0 Å². The monoisotopic (exact) mass is 379 g/mol. The first-order valence-electron chi connectivity index (χ1n) is 7.18. The normalized spacial score (nSPS) is 20.3. The van der Waals surface area contributed by atoms with Crippen LogP contribution in [-0.4, -0.2) is 18.5 Å². The van der Waals surface area contributed by atoms with Crippen LogP contribution >= 0.6 is 35.6 Å². The lowest BCUT2D eigenvalue weighted by molar-refractivity contribution is -0.140. The highest BCUT2D eigenvalue weighted by molar-refractivity contribution is 6.35. The van der Waals surface area contributed by atoms with Gasteiger partial charge in [-0.3, -0.25) is 9.79 Å². The van der Waals surface area contributed by atoms with Crippen LogP contribution in [0.1, 0.15) is 25.7 Å². The van der Waals surface area contributed by atoms with Gasteiger partial charge in [-0.2, -0.15) is 0 Å². The quantitative estimate of drug-likeness (QED) is 0.362. The molecule has 0 aromatic heterocycles. The van der Waals surface area contributed by atoms with Crippen LogP contribution in [-0.2, 0) is 4.79 Å². The summed E-state index contributed by atoms with van der Waals surface area (Å²) in [5.41, 5.74) is 10.7. The van der Waals surface area contributed by atoms with Crippen molar-refractivity contribution < 1.29 is 9.53 Å². The van der Waals surface area contributed by atoms with E-state index in [9.17, 15) is 4.79 Å². The number of ether oxygens (including phenoxy) is 1. The Kier molecular flexibility index (Phi) is 7.95. The second-order valence-corrected chi connectivity index (χ2v) is 6.32. The Labute approximate surface area is 151 Å². The summed E-state index contributed by atoms with van der Waals surface area (Å²) in [6.45, 7) is 0.618. The fourth-order valence-electron chi connectivity index (χ4n) is 2.56. The highest BCUT2D eigenvalue weighted by atomic mass is 35.5. The number of carbonyl (C=O) groups is 1. The molecule has 1 aromatic carbocycles. The number of guanidine groups is 1. The maximum absolute atomic E-state index is 12.2. The molecule has 0 heterocycles. The Morgan fingerprint density at radius 1 is 1.22 bits per heavy atom. The second-order valence-electron chi connectivity index (χ2n) is 5.48. The average molecular weight is 381 g/mol. The van der Waals surface area contributed by atoms with Gasteiger partial charge in [-0.25, -0.2) is 0 Å². The van der Waals surface area contributed by atoms with Crippen LogP contribution in [0.3, 0.4) is 0 Å². The largest absolute Gasteiger partial charge is 0.425 e. The summed E-state index contributed by atoms with van der Waals surface area (Å²) < 4.78 is 5.38. The van der Waals surface area contributed by atoms with Gasteiger partial charge in [0.25, 0.3) is 0 Å². The number of hydrogen-bond donors (Lipinski definition) is 2. The topological polar surface area (TPSA) is 90.7 Å². The summed E-state index contributed by atoms with van der Waals surface area (Å²) in [4.78, 5) is 16.2. The Balaban J connectivity index is 0.00000264. The van der Waals surface area contributed by atoms with E-state index in [1.165, 1.54) is 0 Å². The SMILES string of the molecule is Cl.NC(N)=NCC1CCC(C(=O)Oc2ccc(Cl)cc2Cl)CC1. The Morgan fingerprint density at radius 2 is 1.87 bits per heavy atom. The molecule has 0 amide bonds. The molecule has 0 unspecified atom stereocenters. The van der Waals surface area contributed by atoms with Crippen molar-refractivity contribution in [1.29, 1.82) is 0 Å². The van der Waals surface area contributed by atoms with E-state index in [1.807, 2.05) is 0 Å². The van der Waals surface area contributed by atoms with Crippen molar-refractivity contribution in [2.45, 2.75) is 25.7 Å². The third kappa shape index (κ3) is 6.09. The van der Waals surface area contributed by atoms with Crippen LogP contribution < -0.4 is 16.2 Å². The van der Waals surface area contributed by atoms with Crippen LogP contribution in [0, 0.1) is 11.8 Å². The molecule has 1 fully saturated rings. The highest BCUT2D eigenvalue weighted by Gasteiger charge is 2.28. The molecule has 5 nitrogen and oxygen atoms in total. The molecule has 1 saturated carbocycles. The van der Waals surface area contributed by atoms with Crippen LogP contribution in [0.4, 0.5) is 0 Å². The maximum atomic E-state index is 12.2. The number of nitrogens with zero attached hydrogens (tertiary/aromatic N) is 1. The number of hydrogen-bond acceptors (Lipinski definition) is 3. The molecule has 8 heteroatoms. The summed E-state index contributed by atoms with van der Waals surface area (Å²) in [7, 11) is 0. The first-order chi connectivity index (χ1) is 10.5. The molecule has 0 spiro atoms. The van der Waals surface area contributed by atoms with E-state index in [-0.39, 0.29) is 30.3 Å². The molecule has 0 radical (unpaired) electrons. The number of rotatable bonds is 4. The second kappa shape index (κ2) is 9.21. The predicted molar refractivity (Wildman–Crippen MR) is 95.5 cm³/mol. The van der Waals surface area contributed by atoms with E-state index < -0.39 is 0 Å². The van der Waals surface area contributed by atoms with Crippen molar-refractivity contribution in [3.63, 3.8) is 0 Å². The lowest BCUT2D eigenvalue weighted by Crippen LogP contribution is -2.28. The maximum Gasteiger partial charge on any atom is 0.314 e. The van der Waals surface area contributed by atoms with Gasteiger partial charge in [0, 0.05) is 11.6 Å². The summed E-state index contributed by atoms with van der Waals surface area (Å²) >= 11 is 11.8. The molecule has 128 valence electrons. The summed E-state index contributed by atoms with van der Waals surface area (Å²) in [6.07, 6.45) is 3.36. The number of halogens is 3. The number of carbonyl (C=O) groups excluding carboxylic acids is 1. The van der Waals surface area contributed by atoms with Crippen molar-refractivity contribution in [3.05, 3.63) is 28.2 Å². The number of benzene rings is 1. The fourth-order valence-corrected chi connectivity index (χ4v) is 3.01. The Morgan fingerprint density at radius 3 is 2.43 bits per heavy atom.